The van der Waals surface area contributed by atoms with E-state index in [4.69, 9.17) is 4.74 Å². The first-order chi connectivity index (χ1) is 8.30. The fourth-order valence-electron chi connectivity index (χ4n) is 1.62. The number of sulfonamides is 1. The molecular formula is C11H22N2O4S. The van der Waals surface area contributed by atoms with Crippen LogP contribution in [0.4, 0.5) is 0 Å². The van der Waals surface area contributed by atoms with E-state index in [1.54, 1.807) is 0 Å². The molecule has 106 valence electrons. The molecule has 1 N–H and O–H groups in total. The highest BCUT2D eigenvalue weighted by atomic mass is 32.2. The third-order valence-corrected chi connectivity index (χ3v) is 4.00. The summed E-state index contributed by atoms with van der Waals surface area (Å²) in [5.41, 5.74) is 0. The molecule has 0 aromatic rings. The standard InChI is InChI=1S/C11H22N2O4S/c1-9(2)17-6-4-5-12-11(14)10-7-13(8-10)18(3,15)16/h9-10H,4-8H2,1-3H3,(H,12,14). The van der Waals surface area contributed by atoms with Gasteiger partial charge in [-0.3, -0.25) is 4.79 Å². The van der Waals surface area contributed by atoms with Gasteiger partial charge in [0.2, 0.25) is 15.9 Å². The Labute approximate surface area is 109 Å². The van der Waals surface area contributed by atoms with Gasteiger partial charge >= 0.3 is 0 Å². The first-order valence-electron chi connectivity index (χ1n) is 6.15. The number of carbonyl (C=O) groups excluding carboxylic acids is 1. The number of amides is 1. The third-order valence-electron chi connectivity index (χ3n) is 2.76. The van der Waals surface area contributed by atoms with Crippen molar-refractivity contribution in [1.29, 1.82) is 0 Å². The maximum absolute atomic E-state index is 11.6. The number of hydrogen-bond donors (Lipinski definition) is 1. The van der Waals surface area contributed by atoms with Gasteiger partial charge in [-0.25, -0.2) is 12.7 Å². The second-order valence-corrected chi connectivity index (χ2v) is 6.82. The lowest BCUT2D eigenvalue weighted by Gasteiger charge is -2.35. The van der Waals surface area contributed by atoms with Crippen molar-refractivity contribution in [3.63, 3.8) is 0 Å². The van der Waals surface area contributed by atoms with Crippen LogP contribution >= 0.6 is 0 Å². The van der Waals surface area contributed by atoms with Crippen molar-refractivity contribution in [2.24, 2.45) is 5.92 Å². The largest absolute Gasteiger partial charge is 0.379 e. The van der Waals surface area contributed by atoms with Crippen molar-refractivity contribution < 1.29 is 17.9 Å². The van der Waals surface area contributed by atoms with Crippen molar-refractivity contribution in [2.45, 2.75) is 26.4 Å². The van der Waals surface area contributed by atoms with Gasteiger partial charge in [0.05, 0.1) is 18.3 Å². The van der Waals surface area contributed by atoms with E-state index >= 15 is 0 Å². The molecule has 0 atom stereocenters. The molecular weight excluding hydrogens is 256 g/mol. The number of carbonyl (C=O) groups is 1. The summed E-state index contributed by atoms with van der Waals surface area (Å²) >= 11 is 0. The molecule has 0 aromatic heterocycles. The van der Waals surface area contributed by atoms with Gasteiger partial charge in [-0.05, 0) is 20.3 Å². The van der Waals surface area contributed by atoms with E-state index in [1.165, 1.54) is 4.31 Å². The van der Waals surface area contributed by atoms with Gasteiger partial charge in [-0.1, -0.05) is 0 Å². The molecule has 0 saturated carbocycles. The molecule has 0 aromatic carbocycles. The SMILES string of the molecule is CC(C)OCCCNC(=O)C1CN(S(C)(=O)=O)C1. The Balaban J connectivity index is 2.10. The van der Waals surface area contributed by atoms with E-state index in [9.17, 15) is 13.2 Å². The molecule has 1 fully saturated rings. The van der Waals surface area contributed by atoms with Crippen LogP contribution in [0.3, 0.4) is 0 Å². The molecule has 0 aliphatic carbocycles. The maximum Gasteiger partial charge on any atom is 0.225 e. The summed E-state index contributed by atoms with van der Waals surface area (Å²) in [6.07, 6.45) is 2.13. The lowest BCUT2D eigenvalue weighted by molar-refractivity contribution is -0.128. The van der Waals surface area contributed by atoms with Crippen LogP contribution in [0.15, 0.2) is 0 Å². The van der Waals surface area contributed by atoms with Crippen molar-refractivity contribution in [3.05, 3.63) is 0 Å². The summed E-state index contributed by atoms with van der Waals surface area (Å²) in [6, 6.07) is 0. The quantitative estimate of drug-likeness (QED) is 0.655. The molecule has 1 aliphatic heterocycles. The molecule has 1 rings (SSSR count). The maximum atomic E-state index is 11.6. The molecule has 0 bridgehead atoms. The average Bonchev–Trinajstić information content (AvgIpc) is 2.11. The molecule has 7 heteroatoms. The van der Waals surface area contributed by atoms with E-state index in [-0.39, 0.29) is 17.9 Å². The monoisotopic (exact) mass is 278 g/mol. The molecule has 6 nitrogen and oxygen atoms in total. The van der Waals surface area contributed by atoms with Crippen LogP contribution in [-0.4, -0.2) is 57.2 Å². The highest BCUT2D eigenvalue weighted by Crippen LogP contribution is 2.18. The van der Waals surface area contributed by atoms with Gasteiger partial charge in [0.1, 0.15) is 0 Å². The van der Waals surface area contributed by atoms with E-state index in [0.717, 1.165) is 12.7 Å². The van der Waals surface area contributed by atoms with Crippen LogP contribution in [0.25, 0.3) is 0 Å². The highest BCUT2D eigenvalue weighted by molar-refractivity contribution is 7.88. The molecule has 0 spiro atoms. The topological polar surface area (TPSA) is 75.7 Å². The van der Waals surface area contributed by atoms with Gasteiger partial charge in [0.15, 0.2) is 0 Å². The first-order valence-corrected chi connectivity index (χ1v) is 8.00. The van der Waals surface area contributed by atoms with Crippen molar-refractivity contribution >= 4 is 15.9 Å². The predicted octanol–water partition coefficient (Wildman–Crippen LogP) is -0.191. The molecule has 1 saturated heterocycles. The number of rotatable bonds is 7. The van der Waals surface area contributed by atoms with Gasteiger partial charge < -0.3 is 10.1 Å². The Morgan fingerprint density at radius 2 is 2.06 bits per heavy atom. The van der Waals surface area contributed by atoms with Crippen molar-refractivity contribution in [1.82, 2.24) is 9.62 Å². The zero-order valence-corrected chi connectivity index (χ0v) is 12.0. The fourth-order valence-corrected chi connectivity index (χ4v) is 2.52. The summed E-state index contributed by atoms with van der Waals surface area (Å²) in [4.78, 5) is 11.6. The first kappa shape index (κ1) is 15.4. The predicted molar refractivity (Wildman–Crippen MR) is 68.6 cm³/mol. The fraction of sp³-hybridized carbons (Fsp3) is 0.909. The molecule has 1 heterocycles. The summed E-state index contributed by atoms with van der Waals surface area (Å²) in [5, 5.41) is 2.79. The summed E-state index contributed by atoms with van der Waals surface area (Å²) < 4.78 is 28.9. The Hall–Kier alpha value is -0.660. The van der Waals surface area contributed by atoms with Gasteiger partial charge in [-0.15, -0.1) is 0 Å². The average molecular weight is 278 g/mol. The second kappa shape index (κ2) is 6.49. The van der Waals surface area contributed by atoms with E-state index in [2.05, 4.69) is 5.32 Å². The Bertz CT molecular complexity index is 375. The number of nitrogens with zero attached hydrogens (tertiary/aromatic N) is 1. The normalized spacial score (nSPS) is 17.8. The van der Waals surface area contributed by atoms with Crippen LogP contribution in [0.1, 0.15) is 20.3 Å². The smallest absolute Gasteiger partial charge is 0.225 e. The minimum absolute atomic E-state index is 0.0700. The van der Waals surface area contributed by atoms with Gasteiger partial charge in [0.25, 0.3) is 0 Å². The zero-order valence-electron chi connectivity index (χ0n) is 11.2. The minimum atomic E-state index is -3.14. The molecule has 0 unspecified atom stereocenters. The minimum Gasteiger partial charge on any atom is -0.379 e. The van der Waals surface area contributed by atoms with Crippen LogP contribution in [0.2, 0.25) is 0 Å². The Morgan fingerprint density at radius 3 is 2.56 bits per heavy atom. The third kappa shape index (κ3) is 4.91. The van der Waals surface area contributed by atoms with Crippen LogP contribution in [-0.2, 0) is 19.6 Å². The molecule has 1 aliphatic rings. The number of ether oxygens (including phenoxy) is 1. The van der Waals surface area contributed by atoms with E-state index in [0.29, 0.717) is 26.2 Å². The highest BCUT2D eigenvalue weighted by Gasteiger charge is 2.37. The molecule has 0 radical (unpaired) electrons. The van der Waals surface area contributed by atoms with Crippen LogP contribution < -0.4 is 5.32 Å². The van der Waals surface area contributed by atoms with Gasteiger partial charge in [-0.2, -0.15) is 0 Å². The number of hydrogen-bond acceptors (Lipinski definition) is 4. The summed E-state index contributed by atoms with van der Waals surface area (Å²) in [7, 11) is -3.14. The second-order valence-electron chi connectivity index (χ2n) is 4.84. The van der Waals surface area contributed by atoms with Crippen LogP contribution in [0.5, 0.6) is 0 Å². The van der Waals surface area contributed by atoms with Gasteiger partial charge in [0, 0.05) is 26.2 Å². The van der Waals surface area contributed by atoms with E-state index < -0.39 is 10.0 Å². The molecule has 18 heavy (non-hydrogen) atoms. The van der Waals surface area contributed by atoms with Crippen molar-refractivity contribution in [2.75, 3.05) is 32.5 Å². The lowest BCUT2D eigenvalue weighted by Crippen LogP contribution is -2.55. The van der Waals surface area contributed by atoms with Crippen LogP contribution in [0, 0.1) is 5.92 Å². The van der Waals surface area contributed by atoms with E-state index in [1.807, 2.05) is 13.8 Å². The summed E-state index contributed by atoms with van der Waals surface area (Å²) in [6.45, 7) is 5.72. The lowest BCUT2D eigenvalue weighted by atomic mass is 10.0. The Morgan fingerprint density at radius 1 is 1.44 bits per heavy atom. The summed E-state index contributed by atoms with van der Waals surface area (Å²) in [5.74, 6) is -0.273. The molecule has 1 amide bonds. The number of nitrogens with one attached hydrogen (secondary N) is 1. The zero-order chi connectivity index (χ0) is 13.8. The Kier molecular flexibility index (Phi) is 5.55. The van der Waals surface area contributed by atoms with Crippen molar-refractivity contribution in [3.8, 4) is 0 Å².